The van der Waals surface area contributed by atoms with E-state index in [2.05, 4.69) is 0 Å². The Labute approximate surface area is 42.6 Å². The van der Waals surface area contributed by atoms with E-state index in [1.807, 2.05) is 0 Å². The van der Waals surface area contributed by atoms with Gasteiger partial charge in [0.1, 0.15) is 0 Å². The van der Waals surface area contributed by atoms with Crippen molar-refractivity contribution in [3.05, 3.63) is 0 Å². The zero-order chi connectivity index (χ0) is 4.99. The second-order valence-corrected chi connectivity index (χ2v) is 4.12. The van der Waals surface area contributed by atoms with Gasteiger partial charge in [0.05, 0.1) is 0 Å². The number of aliphatic hydroxyl groups excluding tert-OH is 1. The van der Waals surface area contributed by atoms with Gasteiger partial charge in [-0.3, -0.25) is 0 Å². The van der Waals surface area contributed by atoms with E-state index >= 15 is 0 Å². The van der Waals surface area contributed by atoms with E-state index in [9.17, 15) is 4.79 Å². The van der Waals surface area contributed by atoms with Crippen LogP contribution in [0.25, 0.3) is 0 Å². The number of rotatable bonds is 2. The molecule has 6 heavy (non-hydrogen) atoms. The molecule has 0 aromatic heterocycles. The molecule has 0 atom stereocenters. The van der Waals surface area contributed by atoms with Crippen LogP contribution >= 0.6 is 0 Å². The summed E-state index contributed by atoms with van der Waals surface area (Å²) in [5, 5.41) is 15.7. The van der Waals surface area contributed by atoms with E-state index in [1.54, 1.807) is 0 Å². The zero-order valence-electron chi connectivity index (χ0n) is 3.22. The van der Waals surface area contributed by atoms with Crippen LogP contribution < -0.4 is 0 Å². The Hall–Kier alpha value is 0.0534. The van der Waals surface area contributed by atoms with Crippen molar-refractivity contribution < 1.29 is 32.1 Å². The molecule has 0 saturated heterocycles. The molecule has 0 aromatic rings. The Kier molecular flexibility index (Phi) is 3.28. The first kappa shape index (κ1) is 6.05. The van der Waals surface area contributed by atoms with Crippen molar-refractivity contribution in [2.24, 2.45) is 0 Å². The molecule has 3 nitrogen and oxygen atoms in total. The molecule has 2 N–H and O–H groups in total. The van der Waals surface area contributed by atoms with E-state index in [0.29, 0.717) is 0 Å². The van der Waals surface area contributed by atoms with Crippen LogP contribution in [-0.4, -0.2) is 20.0 Å². The minimum absolute atomic E-state index is 0.0810. The van der Waals surface area contributed by atoms with Gasteiger partial charge in [-0.25, -0.2) is 0 Å². The van der Waals surface area contributed by atoms with Crippen LogP contribution in [0.2, 0.25) is 0 Å². The Morgan fingerprint density at radius 1 is 1.83 bits per heavy atom. The van der Waals surface area contributed by atoms with Crippen molar-refractivity contribution in [3.8, 4) is 0 Å². The van der Waals surface area contributed by atoms with Crippen LogP contribution in [0.5, 0.6) is 0 Å². The summed E-state index contributed by atoms with van der Waals surface area (Å²) in [6.45, 7) is 0. The van der Waals surface area contributed by atoms with Crippen molar-refractivity contribution >= 4 is 4.56 Å². The average molecular weight is 141 g/mol. The van der Waals surface area contributed by atoms with Gasteiger partial charge < -0.3 is 0 Å². The van der Waals surface area contributed by atoms with Crippen LogP contribution in [-0.2, 0) is 17.1 Å². The summed E-state index contributed by atoms with van der Waals surface area (Å²) in [6, 6.07) is 0. The molecule has 0 saturated carbocycles. The first-order chi connectivity index (χ1) is 2.77. The Morgan fingerprint density at radius 2 is 2.33 bits per heavy atom. The number of carboxylic acid groups (broad SMARTS) is 1. The van der Waals surface area contributed by atoms with E-state index in [4.69, 9.17) is 10.2 Å². The number of hydrogen-bond acceptors (Lipinski definition) is 2. The predicted molar refractivity (Wildman–Crippen MR) is 15.1 cm³/mol. The molecular weight excluding hydrogens is 137 g/mol. The SMILES string of the molecule is O=[C](O)[Zn][CH2]O. The summed E-state index contributed by atoms with van der Waals surface area (Å²) in [4.78, 5) is 9.52. The minimum atomic E-state index is -1.53. The summed E-state index contributed by atoms with van der Waals surface area (Å²) in [5.41, 5.74) is 0. The van der Waals surface area contributed by atoms with Crippen molar-refractivity contribution in [3.63, 3.8) is 0 Å². The maximum absolute atomic E-state index is 9.52. The molecule has 0 amide bonds. The van der Waals surface area contributed by atoms with Gasteiger partial charge in [-0.05, 0) is 0 Å². The fraction of sp³-hybridized carbons (Fsp3) is 0.500. The maximum atomic E-state index is 9.52. The van der Waals surface area contributed by atoms with Gasteiger partial charge in [0.2, 0.25) is 0 Å². The summed E-state index contributed by atoms with van der Waals surface area (Å²) < 4.78 is -0.773. The molecule has 0 heterocycles. The number of aliphatic hydroxyl groups is 1. The van der Waals surface area contributed by atoms with Gasteiger partial charge in [-0.2, -0.15) is 0 Å². The summed E-state index contributed by atoms with van der Waals surface area (Å²) in [6.07, 6.45) is 0. The molecule has 32 valence electrons. The third-order valence-electron chi connectivity index (χ3n) is 0.326. The molecule has 0 aliphatic carbocycles. The molecule has 0 rings (SSSR count). The fourth-order valence-electron chi connectivity index (χ4n) is 0.0956. The van der Waals surface area contributed by atoms with Crippen molar-refractivity contribution in [2.45, 2.75) is 0 Å². The first-order valence-corrected chi connectivity index (χ1v) is 5.18. The van der Waals surface area contributed by atoms with Crippen LogP contribution in [0.15, 0.2) is 0 Å². The molecule has 0 spiro atoms. The van der Waals surface area contributed by atoms with Gasteiger partial charge >= 0.3 is 41.9 Å². The van der Waals surface area contributed by atoms with E-state index in [-0.39, 0.29) is 5.20 Å². The monoisotopic (exact) mass is 140 g/mol. The van der Waals surface area contributed by atoms with Crippen LogP contribution in [0, 0.1) is 0 Å². The summed E-state index contributed by atoms with van der Waals surface area (Å²) >= 11 is -1.53. The van der Waals surface area contributed by atoms with Crippen LogP contribution in [0.4, 0.5) is 4.79 Å². The third kappa shape index (κ3) is 4.05. The third-order valence-corrected chi connectivity index (χ3v) is 1.69. The van der Waals surface area contributed by atoms with Gasteiger partial charge in [-0.15, -0.1) is 0 Å². The van der Waals surface area contributed by atoms with Gasteiger partial charge in [0.25, 0.3) is 0 Å². The van der Waals surface area contributed by atoms with E-state index in [0.717, 1.165) is 0 Å². The second-order valence-electron chi connectivity index (χ2n) is 0.867. The first-order valence-electron chi connectivity index (χ1n) is 1.60. The average Bonchev–Trinajstić information content (AvgIpc) is 1.35. The fourth-order valence-corrected chi connectivity index (χ4v) is 0.497. The Balaban J connectivity index is 2.83. The Morgan fingerprint density at radius 3 is 2.33 bits per heavy atom. The Bertz CT molecular complexity index is 52.8. The molecule has 0 aromatic carbocycles. The topological polar surface area (TPSA) is 57.5 Å². The molecule has 0 fully saturated rings. The standard InChI is InChI=1S/CHO2.CH3O.Zn/c2-1-3;1-2;/h(H,2,3);2H,1H2;. The molecule has 0 bridgehead atoms. The summed E-state index contributed by atoms with van der Waals surface area (Å²) in [7, 11) is 0. The van der Waals surface area contributed by atoms with Crippen molar-refractivity contribution in [1.82, 2.24) is 0 Å². The molecular formula is C2H4O3Zn. The van der Waals surface area contributed by atoms with Crippen molar-refractivity contribution in [1.29, 1.82) is 0 Å². The van der Waals surface area contributed by atoms with Crippen molar-refractivity contribution in [2.75, 3.05) is 5.20 Å². The van der Waals surface area contributed by atoms with Crippen LogP contribution in [0.1, 0.15) is 0 Å². The van der Waals surface area contributed by atoms with Crippen LogP contribution in [0.3, 0.4) is 0 Å². The summed E-state index contributed by atoms with van der Waals surface area (Å²) in [5.74, 6) is 0. The molecule has 0 aliphatic heterocycles. The van der Waals surface area contributed by atoms with E-state index in [1.165, 1.54) is 0 Å². The predicted octanol–water partition coefficient (Wildman–Crippen LogP) is -0.303. The van der Waals surface area contributed by atoms with E-state index < -0.39 is 21.7 Å². The second kappa shape index (κ2) is 3.25. The zero-order valence-corrected chi connectivity index (χ0v) is 6.18. The number of carbonyl (C=O) groups is 1. The van der Waals surface area contributed by atoms with Gasteiger partial charge in [0.15, 0.2) is 0 Å². The number of hydrogen-bond donors (Lipinski definition) is 2. The molecule has 0 radical (unpaired) electrons. The molecule has 0 unspecified atom stereocenters. The molecule has 0 aliphatic rings. The normalized spacial score (nSPS) is 6.83. The van der Waals surface area contributed by atoms with Gasteiger partial charge in [-0.1, -0.05) is 0 Å². The quantitative estimate of drug-likeness (QED) is 0.519. The molecule has 4 heteroatoms. The van der Waals surface area contributed by atoms with Gasteiger partial charge in [0, 0.05) is 0 Å².